The van der Waals surface area contributed by atoms with Gasteiger partial charge in [-0.3, -0.25) is 0 Å². The van der Waals surface area contributed by atoms with Crippen molar-refractivity contribution in [2.45, 2.75) is 45.3 Å². The maximum absolute atomic E-state index is 12.6. The van der Waals surface area contributed by atoms with Crippen molar-refractivity contribution in [2.75, 3.05) is 0 Å². The molecule has 0 amide bonds. The smallest absolute Gasteiger partial charge is 0.449 e. The van der Waals surface area contributed by atoms with Gasteiger partial charge in [0.05, 0.1) is 0 Å². The van der Waals surface area contributed by atoms with Crippen molar-refractivity contribution >= 4 is 6.98 Å². The van der Waals surface area contributed by atoms with Crippen molar-refractivity contribution in [1.29, 1.82) is 0 Å². The molecule has 0 bridgehead atoms. The van der Waals surface area contributed by atoms with Gasteiger partial charge in [-0.05, 0) is 5.92 Å². The maximum Gasteiger partial charge on any atom is 1.00 e. The summed E-state index contributed by atoms with van der Waals surface area (Å²) in [7, 11) is 0. The van der Waals surface area contributed by atoms with Crippen molar-refractivity contribution in [2.24, 2.45) is 11.8 Å². The third kappa shape index (κ3) is 4.16. The number of rotatable bonds is 2. The summed E-state index contributed by atoms with van der Waals surface area (Å²) in [5.74, 6) is -0.920. The summed E-state index contributed by atoms with van der Waals surface area (Å²) in [5.41, 5.74) is 0. The van der Waals surface area contributed by atoms with E-state index in [2.05, 4.69) is 0 Å². The summed E-state index contributed by atoms with van der Waals surface area (Å²) in [5, 5.41) is 0. The van der Waals surface area contributed by atoms with Crippen molar-refractivity contribution in [3.8, 4) is 0 Å². The van der Waals surface area contributed by atoms with E-state index in [1.54, 1.807) is 0 Å². The molecule has 2 unspecified atom stereocenters. The first-order valence-electron chi connectivity index (χ1n) is 5.13. The molecule has 0 aromatic heterocycles. The molecule has 78 valence electrons. The topological polar surface area (TPSA) is 0 Å². The molecule has 14 heavy (non-hydrogen) atoms. The second-order valence-corrected chi connectivity index (χ2v) is 4.48. The summed E-state index contributed by atoms with van der Waals surface area (Å²) in [4.78, 5) is 0. The van der Waals surface area contributed by atoms with Crippen LogP contribution in [-0.4, -0.2) is 6.98 Å². The second-order valence-electron chi connectivity index (χ2n) is 4.48. The Morgan fingerprint density at radius 1 is 1.07 bits per heavy atom. The number of halogens is 3. The molecule has 1 aliphatic rings. The number of hydrogen-bond donors (Lipinski definition) is 0. The molecule has 0 N–H and O–H groups in total. The largest absolute Gasteiger partial charge is 1.00 e. The zero-order chi connectivity index (χ0) is 10.1. The van der Waals surface area contributed by atoms with E-state index in [0.29, 0.717) is 6.42 Å². The van der Waals surface area contributed by atoms with E-state index in [4.69, 9.17) is 0 Å². The minimum Gasteiger partial charge on any atom is -0.449 e. The molecule has 1 aliphatic carbocycles. The van der Waals surface area contributed by atoms with Gasteiger partial charge in [-0.1, -0.05) is 51.3 Å². The minimum atomic E-state index is -4.61. The van der Waals surface area contributed by atoms with E-state index in [9.17, 15) is 12.9 Å². The van der Waals surface area contributed by atoms with Gasteiger partial charge in [-0.25, -0.2) is 0 Å². The van der Waals surface area contributed by atoms with E-state index >= 15 is 0 Å². The fraction of sp³-hybridized carbons (Fsp3) is 1.00. The van der Waals surface area contributed by atoms with Crippen LogP contribution in [0.5, 0.6) is 0 Å². The fourth-order valence-corrected chi connectivity index (χ4v) is 2.49. The molecule has 0 nitrogen and oxygen atoms in total. The van der Waals surface area contributed by atoms with Crippen LogP contribution in [0.25, 0.3) is 0 Å². The molecule has 0 saturated heterocycles. The van der Waals surface area contributed by atoms with Gasteiger partial charge in [-0.2, -0.15) is 0 Å². The summed E-state index contributed by atoms with van der Waals surface area (Å²) < 4.78 is 37.8. The number of hydrogen-bond acceptors (Lipinski definition) is 0. The summed E-state index contributed by atoms with van der Waals surface area (Å²) >= 11 is 0. The average molecular weight is 232 g/mol. The second kappa shape index (κ2) is 6.28. The van der Waals surface area contributed by atoms with Crippen LogP contribution in [-0.2, 0) is 0 Å². The van der Waals surface area contributed by atoms with Crippen LogP contribution >= 0.6 is 0 Å². The third-order valence-corrected chi connectivity index (χ3v) is 3.22. The Labute approximate surface area is 127 Å². The summed E-state index contributed by atoms with van der Waals surface area (Å²) in [6, 6.07) is 0. The molecular weight excluding hydrogens is 215 g/mol. The molecule has 0 aromatic carbocycles. The van der Waals surface area contributed by atoms with E-state index in [1.165, 1.54) is 0 Å². The standard InChI is InChI=1S/C9H17BF3.K/c1-7(2)8-5-3-4-6-9(8)10(11,12)13;/h7-9H,3-6H2,1-2H3;/q-1;+1. The van der Waals surface area contributed by atoms with Crippen LogP contribution in [0, 0.1) is 11.8 Å². The van der Waals surface area contributed by atoms with Crippen LogP contribution in [0.15, 0.2) is 0 Å². The molecule has 2 atom stereocenters. The van der Waals surface area contributed by atoms with Crippen LogP contribution in [0.3, 0.4) is 0 Å². The van der Waals surface area contributed by atoms with Crippen LogP contribution in [0.4, 0.5) is 12.9 Å². The van der Waals surface area contributed by atoms with E-state index in [0.717, 1.165) is 19.3 Å². The van der Waals surface area contributed by atoms with Gasteiger partial charge in [0.15, 0.2) is 0 Å². The molecule has 1 fully saturated rings. The van der Waals surface area contributed by atoms with Gasteiger partial charge >= 0.3 is 58.4 Å². The maximum atomic E-state index is 12.6. The van der Waals surface area contributed by atoms with Crippen molar-refractivity contribution in [1.82, 2.24) is 0 Å². The van der Waals surface area contributed by atoms with E-state index < -0.39 is 12.8 Å². The van der Waals surface area contributed by atoms with Gasteiger partial charge < -0.3 is 12.9 Å². The first kappa shape index (κ1) is 15.5. The monoisotopic (exact) mass is 232 g/mol. The van der Waals surface area contributed by atoms with Gasteiger partial charge in [-0.15, -0.1) is 0 Å². The first-order valence-corrected chi connectivity index (χ1v) is 5.13. The summed E-state index contributed by atoms with van der Waals surface area (Å²) in [6.45, 7) is -0.794. The Morgan fingerprint density at radius 2 is 1.57 bits per heavy atom. The van der Waals surface area contributed by atoms with Gasteiger partial charge in [0.1, 0.15) is 0 Å². The fourth-order valence-electron chi connectivity index (χ4n) is 2.49. The predicted octanol–water partition coefficient (Wildman–Crippen LogP) is 1.05. The predicted molar refractivity (Wildman–Crippen MR) is 49.6 cm³/mol. The molecule has 1 saturated carbocycles. The zero-order valence-electron chi connectivity index (χ0n) is 9.27. The van der Waals surface area contributed by atoms with E-state index in [1.807, 2.05) is 13.8 Å². The molecule has 0 radical (unpaired) electrons. The molecule has 5 heteroatoms. The Balaban J connectivity index is 0.00000169. The first-order chi connectivity index (χ1) is 5.93. The molecule has 1 rings (SSSR count). The SMILES string of the molecule is CC(C)C1CCCCC1[B-](F)(F)F.[K+]. The Hall–Kier alpha value is 1.49. The quantitative estimate of drug-likeness (QED) is 0.624. The Kier molecular flexibility index (Phi) is 6.95. The van der Waals surface area contributed by atoms with Gasteiger partial charge in [0.2, 0.25) is 0 Å². The zero-order valence-corrected chi connectivity index (χ0v) is 12.4. The van der Waals surface area contributed by atoms with Crippen molar-refractivity contribution in [3.63, 3.8) is 0 Å². The van der Waals surface area contributed by atoms with Gasteiger partial charge in [0, 0.05) is 0 Å². The van der Waals surface area contributed by atoms with Crippen LogP contribution < -0.4 is 51.4 Å². The molecular formula is C9H17BF3K. The molecule has 0 aliphatic heterocycles. The van der Waals surface area contributed by atoms with Crippen molar-refractivity contribution < 1.29 is 64.3 Å². The normalized spacial score (nSPS) is 28.7. The summed E-state index contributed by atoms with van der Waals surface area (Å²) in [6.07, 6.45) is 2.87. The molecule has 0 spiro atoms. The Bertz CT molecular complexity index is 170. The van der Waals surface area contributed by atoms with Gasteiger partial charge in [0.25, 0.3) is 0 Å². The van der Waals surface area contributed by atoms with Crippen molar-refractivity contribution in [3.05, 3.63) is 0 Å². The van der Waals surface area contributed by atoms with Crippen LogP contribution in [0.2, 0.25) is 5.82 Å². The average Bonchev–Trinajstić information content (AvgIpc) is 2.03. The minimum absolute atomic E-state index is 0. The van der Waals surface area contributed by atoms with E-state index in [-0.39, 0.29) is 63.2 Å². The molecule has 0 heterocycles. The van der Waals surface area contributed by atoms with Crippen LogP contribution in [0.1, 0.15) is 39.5 Å². The Morgan fingerprint density at radius 3 is 1.93 bits per heavy atom. The third-order valence-electron chi connectivity index (χ3n) is 3.22. The molecule has 0 aromatic rings.